The molecule has 136 valence electrons. The van der Waals surface area contributed by atoms with E-state index in [2.05, 4.69) is 0 Å². The molecule has 0 spiro atoms. The Morgan fingerprint density at radius 3 is 0.667 bits per heavy atom. The van der Waals surface area contributed by atoms with Crippen LogP contribution in [0.25, 0.3) is 0 Å². The molecular weight excluding hydrogens is 473 g/mol. The molecule has 24 heteroatoms. The number of phosphoric acid groups is 2. The maximum atomic E-state index is 8.88. The Morgan fingerprint density at radius 1 is 0.667 bits per heavy atom. The molecule has 0 fully saturated rings. The molecule has 0 aromatic carbocycles. The van der Waals surface area contributed by atoms with E-state index in [1.165, 1.54) is 0 Å². The van der Waals surface area contributed by atoms with Gasteiger partial charge in [0.15, 0.2) is 0 Å². The van der Waals surface area contributed by atoms with Gasteiger partial charge in [0, 0.05) is 0 Å². The van der Waals surface area contributed by atoms with Gasteiger partial charge in [-0.2, -0.15) is 0 Å². The first-order valence-electron chi connectivity index (χ1n) is 2.63. The topological polar surface area (TPSA) is 399 Å². The van der Waals surface area contributed by atoms with Crippen molar-refractivity contribution in [1.29, 1.82) is 0 Å². The molecular formula is H14K3N5O14P2. The Balaban J connectivity index is -0.0000000107. The Labute approximate surface area is 263 Å². The van der Waals surface area contributed by atoms with E-state index < -0.39 is 25.8 Å². The van der Waals surface area contributed by atoms with Crippen molar-refractivity contribution >= 4 is 15.6 Å². The SMILES string of the molecule is N.N.N.O=P(O)(O)O.O=P([O-])([O-])O.O=[N+]([O-])[O-].O=[N+]([O-])[O-].[H+].[K+].[K+].[K+]. The van der Waals surface area contributed by atoms with Gasteiger partial charge in [-0.05, 0) is 0 Å². The molecule has 0 aliphatic rings. The Hall–Kier alpha value is 3.41. The minimum atomic E-state index is -5.14. The van der Waals surface area contributed by atoms with E-state index in [0.29, 0.717) is 0 Å². The molecule has 0 aromatic rings. The summed E-state index contributed by atoms with van der Waals surface area (Å²) in [5.74, 6) is 0. The summed E-state index contributed by atoms with van der Waals surface area (Å²) in [6, 6.07) is 0. The molecule has 19 nitrogen and oxygen atoms in total. The third-order valence-electron chi connectivity index (χ3n) is 0. The molecule has 0 atom stereocenters. The van der Waals surface area contributed by atoms with Gasteiger partial charge < -0.3 is 83.0 Å². The van der Waals surface area contributed by atoms with Crippen LogP contribution in [-0.2, 0) is 9.13 Å². The molecule has 0 amide bonds. The van der Waals surface area contributed by atoms with Crippen LogP contribution in [0.4, 0.5) is 0 Å². The zero-order valence-electron chi connectivity index (χ0n) is 13.8. The Morgan fingerprint density at radius 2 is 0.667 bits per heavy atom. The second-order valence-corrected chi connectivity index (χ2v) is 3.39. The van der Waals surface area contributed by atoms with Gasteiger partial charge in [0.25, 0.3) is 0 Å². The van der Waals surface area contributed by atoms with Crippen molar-refractivity contribution in [2.45, 2.75) is 0 Å². The van der Waals surface area contributed by atoms with Gasteiger partial charge in [-0.25, -0.2) is 4.57 Å². The molecule has 0 unspecified atom stereocenters. The zero-order valence-corrected chi connectivity index (χ0v) is 23.9. The fourth-order valence-electron chi connectivity index (χ4n) is 0. The van der Waals surface area contributed by atoms with E-state index in [4.69, 9.17) is 69.1 Å². The summed E-state index contributed by atoms with van der Waals surface area (Å²) in [6.45, 7) is 0. The van der Waals surface area contributed by atoms with E-state index in [0.717, 1.165) is 0 Å². The third kappa shape index (κ3) is 1300. The number of nitrogens with zero attached hydrogens (tertiary/aromatic N) is 2. The molecule has 0 radical (unpaired) electrons. The molecule has 0 aromatic heterocycles. The van der Waals surface area contributed by atoms with Gasteiger partial charge in [0.2, 0.25) is 0 Å². The van der Waals surface area contributed by atoms with Gasteiger partial charge in [-0.1, -0.05) is 0 Å². The van der Waals surface area contributed by atoms with E-state index in [1.54, 1.807) is 0 Å². The van der Waals surface area contributed by atoms with Crippen molar-refractivity contribution in [2.24, 2.45) is 0 Å². The molecule has 0 saturated carbocycles. The fraction of sp³-hybridized carbons (Fsp3) is 0. The molecule has 0 rings (SSSR count). The van der Waals surface area contributed by atoms with Gasteiger partial charge >= 0.3 is 163 Å². The zero-order chi connectivity index (χ0) is 16.2. The van der Waals surface area contributed by atoms with Crippen LogP contribution < -0.4 is 182 Å². The van der Waals surface area contributed by atoms with Crippen LogP contribution >= 0.6 is 15.6 Å². The normalized spacial score (nSPS) is 6.92. The summed E-state index contributed by atoms with van der Waals surface area (Å²) >= 11 is 0. The molecule has 0 bridgehead atoms. The molecule has 0 aliphatic carbocycles. The summed E-state index contributed by atoms with van der Waals surface area (Å²) in [4.78, 5) is 62.3. The van der Waals surface area contributed by atoms with E-state index >= 15 is 0 Å². The van der Waals surface area contributed by atoms with Crippen LogP contribution in [-0.4, -0.2) is 29.7 Å². The van der Waals surface area contributed by atoms with E-state index in [-0.39, 0.29) is 174 Å². The second-order valence-electron chi connectivity index (χ2n) is 1.43. The minimum absolute atomic E-state index is 0. The number of rotatable bonds is 0. The van der Waals surface area contributed by atoms with Gasteiger partial charge in [0.05, 0.1) is 18.0 Å². The maximum absolute atomic E-state index is 8.88. The molecule has 24 heavy (non-hydrogen) atoms. The predicted octanol–water partition coefficient (Wildman–Crippen LogP) is -12.0. The van der Waals surface area contributed by atoms with Crippen LogP contribution in [0.2, 0.25) is 0 Å². The van der Waals surface area contributed by atoms with E-state index in [9.17, 15) is 0 Å². The summed E-state index contributed by atoms with van der Waals surface area (Å²) in [6.07, 6.45) is 0. The monoisotopic (exact) mass is 487 g/mol. The molecule has 0 saturated heterocycles. The van der Waals surface area contributed by atoms with Crippen LogP contribution in [0.1, 0.15) is 1.43 Å². The van der Waals surface area contributed by atoms with Crippen molar-refractivity contribution in [3.63, 3.8) is 0 Å². The van der Waals surface area contributed by atoms with Gasteiger partial charge in [-0.3, -0.25) is 0 Å². The number of hydrogen-bond donors (Lipinski definition) is 7. The first-order chi connectivity index (χ1) is 7.46. The average Bonchev–Trinajstić information content (AvgIpc) is 1.70. The van der Waals surface area contributed by atoms with Gasteiger partial charge in [-0.15, -0.1) is 0 Å². The smallest absolute Gasteiger partial charge is 0.790 e. The average molecular weight is 487 g/mol. The van der Waals surface area contributed by atoms with Gasteiger partial charge in [0.1, 0.15) is 0 Å². The van der Waals surface area contributed by atoms with Crippen molar-refractivity contribution in [1.82, 2.24) is 18.5 Å². The minimum Gasteiger partial charge on any atom is -0.790 e. The molecule has 0 aliphatic heterocycles. The molecule has 13 N–H and O–H groups in total. The summed E-state index contributed by atoms with van der Waals surface area (Å²) in [5, 5.41) is 29.5. The van der Waals surface area contributed by atoms with E-state index in [1.807, 2.05) is 0 Å². The van der Waals surface area contributed by atoms with Crippen molar-refractivity contribution in [2.75, 3.05) is 0 Å². The first kappa shape index (κ1) is 63.1. The van der Waals surface area contributed by atoms with Crippen LogP contribution in [0, 0.1) is 30.6 Å². The maximum Gasteiger partial charge on any atom is 1.00 e. The number of hydrogen-bond acceptors (Lipinski definition) is 13. The van der Waals surface area contributed by atoms with Crippen molar-refractivity contribution < 1.29 is 204 Å². The summed E-state index contributed by atoms with van der Waals surface area (Å²) in [5.41, 5.74) is 0. The summed E-state index contributed by atoms with van der Waals surface area (Å²) < 4.78 is 17.5. The Kier molecular flexibility index (Phi) is 97.8. The van der Waals surface area contributed by atoms with Crippen LogP contribution in [0.5, 0.6) is 0 Å². The first-order valence-corrected chi connectivity index (χ1v) is 5.69. The third-order valence-corrected chi connectivity index (χ3v) is 0. The van der Waals surface area contributed by atoms with Crippen molar-refractivity contribution in [3.05, 3.63) is 30.6 Å². The van der Waals surface area contributed by atoms with Crippen LogP contribution in [0.15, 0.2) is 0 Å². The largest absolute Gasteiger partial charge is 1.00 e. The molecule has 0 heterocycles. The van der Waals surface area contributed by atoms with Crippen molar-refractivity contribution in [3.8, 4) is 0 Å². The Bertz CT molecular complexity index is 276. The predicted molar refractivity (Wildman–Crippen MR) is 61.0 cm³/mol. The second kappa shape index (κ2) is 37.2. The quantitative estimate of drug-likeness (QED) is 0.0720. The summed E-state index contributed by atoms with van der Waals surface area (Å²) in [7, 11) is -9.78. The standard InChI is InChI=1S/3K.2NO3.3H3N.2H3O4P/c;;;2*2-1(3)4;;;;2*1-5(2,3)4/h;;;;;3*1H3;2*(H3,1,2,3,4)/q3*+1;2*-1;;;;;/p-1. The fourth-order valence-corrected chi connectivity index (χ4v) is 0. The van der Waals surface area contributed by atoms with Crippen LogP contribution in [0.3, 0.4) is 0 Å².